The molecule has 0 aliphatic carbocycles. The van der Waals surface area contributed by atoms with Crippen LogP contribution in [0.25, 0.3) is 0 Å². The van der Waals surface area contributed by atoms with E-state index in [2.05, 4.69) is 31.0 Å². The Morgan fingerprint density at radius 2 is 1.78 bits per heavy atom. The first-order valence-electron chi connectivity index (χ1n) is 7.08. The molecule has 108 valence electrons. The highest BCUT2D eigenvalue weighted by molar-refractivity contribution is 5.82. The predicted molar refractivity (Wildman–Crippen MR) is 77.5 cm³/mol. The van der Waals surface area contributed by atoms with Gasteiger partial charge in [-0.3, -0.25) is 4.79 Å². The van der Waals surface area contributed by atoms with Crippen LogP contribution in [0.4, 0.5) is 0 Å². The molecular weight excluding hydrogens is 226 g/mol. The van der Waals surface area contributed by atoms with Gasteiger partial charge in [0.05, 0.1) is 5.41 Å². The molecule has 0 aromatic heterocycles. The summed E-state index contributed by atoms with van der Waals surface area (Å²) in [6, 6.07) is 0.340. The molecule has 3 N–H and O–H groups in total. The molecule has 0 rings (SSSR count). The molecule has 4 heteroatoms. The van der Waals surface area contributed by atoms with Crippen molar-refractivity contribution in [2.45, 2.75) is 52.5 Å². The van der Waals surface area contributed by atoms with E-state index in [0.29, 0.717) is 19.1 Å². The van der Waals surface area contributed by atoms with Crippen molar-refractivity contribution in [1.29, 1.82) is 0 Å². The molecule has 0 bridgehead atoms. The van der Waals surface area contributed by atoms with Crippen LogP contribution in [-0.4, -0.2) is 44.0 Å². The summed E-state index contributed by atoms with van der Waals surface area (Å²) in [6.07, 6.45) is 3.74. The monoisotopic (exact) mass is 257 g/mol. The lowest BCUT2D eigenvalue weighted by atomic mass is 9.78. The maximum atomic E-state index is 12.4. The van der Waals surface area contributed by atoms with E-state index in [0.717, 1.165) is 25.7 Å². The van der Waals surface area contributed by atoms with Crippen LogP contribution in [0.15, 0.2) is 0 Å². The minimum absolute atomic E-state index is 0.127. The summed E-state index contributed by atoms with van der Waals surface area (Å²) in [5, 5.41) is 3.06. The van der Waals surface area contributed by atoms with E-state index in [1.54, 1.807) is 0 Å². The van der Waals surface area contributed by atoms with Crippen LogP contribution in [0.1, 0.15) is 46.5 Å². The van der Waals surface area contributed by atoms with E-state index < -0.39 is 0 Å². The van der Waals surface area contributed by atoms with Crippen molar-refractivity contribution < 1.29 is 4.79 Å². The van der Waals surface area contributed by atoms with Gasteiger partial charge in [0.1, 0.15) is 0 Å². The summed E-state index contributed by atoms with van der Waals surface area (Å²) >= 11 is 0. The summed E-state index contributed by atoms with van der Waals surface area (Å²) in [4.78, 5) is 14.5. The van der Waals surface area contributed by atoms with Crippen LogP contribution in [0.2, 0.25) is 0 Å². The van der Waals surface area contributed by atoms with Crippen LogP contribution in [0.3, 0.4) is 0 Å². The molecule has 4 nitrogen and oxygen atoms in total. The molecule has 0 spiro atoms. The zero-order chi connectivity index (χ0) is 14.2. The minimum Gasteiger partial charge on any atom is -0.354 e. The van der Waals surface area contributed by atoms with Gasteiger partial charge in [-0.05, 0) is 33.9 Å². The third-order valence-corrected chi connectivity index (χ3v) is 3.77. The van der Waals surface area contributed by atoms with E-state index in [-0.39, 0.29) is 11.3 Å². The number of amides is 1. The Kier molecular flexibility index (Phi) is 8.20. The van der Waals surface area contributed by atoms with E-state index in [1.165, 1.54) is 0 Å². The number of nitrogens with two attached hydrogens (primary N) is 1. The topological polar surface area (TPSA) is 58.4 Å². The number of carbonyl (C=O) groups is 1. The lowest BCUT2D eigenvalue weighted by Crippen LogP contribution is -2.49. The van der Waals surface area contributed by atoms with Crippen LogP contribution < -0.4 is 11.1 Å². The van der Waals surface area contributed by atoms with Crippen LogP contribution in [0, 0.1) is 5.41 Å². The van der Waals surface area contributed by atoms with Gasteiger partial charge in [0, 0.05) is 19.1 Å². The summed E-state index contributed by atoms with van der Waals surface area (Å²) in [5.74, 6) is 0.127. The van der Waals surface area contributed by atoms with Crippen LogP contribution in [0.5, 0.6) is 0 Å². The second-order valence-electron chi connectivity index (χ2n) is 5.51. The number of likely N-dealkylation sites (N-methyl/N-ethyl adjacent to an activating group) is 1. The number of carbonyl (C=O) groups excluding carboxylic acids is 1. The van der Waals surface area contributed by atoms with Gasteiger partial charge in [0.2, 0.25) is 5.91 Å². The molecule has 1 unspecified atom stereocenters. The first kappa shape index (κ1) is 17.4. The number of rotatable bonds is 9. The molecule has 0 heterocycles. The van der Waals surface area contributed by atoms with Crippen molar-refractivity contribution in [2.24, 2.45) is 11.1 Å². The molecular formula is C14H31N3O. The second kappa shape index (κ2) is 8.48. The highest BCUT2D eigenvalue weighted by atomic mass is 16.2. The Hall–Kier alpha value is -0.610. The standard InChI is InChI=1S/C14H31N3O/c1-6-8-14(11-15,9-7-2)13(18)16-10-12(3)17(4)5/h12H,6-11,15H2,1-5H3,(H,16,18). The molecule has 0 aliphatic heterocycles. The normalized spacial score (nSPS) is 13.7. The molecule has 1 atom stereocenters. The van der Waals surface area contributed by atoms with Crippen molar-refractivity contribution in [1.82, 2.24) is 10.2 Å². The minimum atomic E-state index is -0.366. The smallest absolute Gasteiger partial charge is 0.227 e. The van der Waals surface area contributed by atoms with Crippen LogP contribution >= 0.6 is 0 Å². The Morgan fingerprint density at radius 1 is 1.28 bits per heavy atom. The third-order valence-electron chi connectivity index (χ3n) is 3.77. The first-order chi connectivity index (χ1) is 8.43. The molecule has 18 heavy (non-hydrogen) atoms. The fraction of sp³-hybridized carbons (Fsp3) is 0.929. The maximum Gasteiger partial charge on any atom is 0.227 e. The fourth-order valence-corrected chi connectivity index (χ4v) is 2.22. The molecule has 0 fully saturated rings. The number of nitrogens with one attached hydrogen (secondary N) is 1. The van der Waals surface area contributed by atoms with E-state index >= 15 is 0 Å². The SMILES string of the molecule is CCCC(CN)(CCC)C(=O)NCC(C)N(C)C. The molecule has 1 amide bonds. The van der Waals surface area contributed by atoms with E-state index in [1.807, 2.05) is 14.1 Å². The van der Waals surface area contributed by atoms with E-state index in [9.17, 15) is 4.79 Å². The first-order valence-corrected chi connectivity index (χ1v) is 7.08. The lowest BCUT2D eigenvalue weighted by molar-refractivity contribution is -0.131. The van der Waals surface area contributed by atoms with Gasteiger partial charge in [-0.15, -0.1) is 0 Å². The molecule has 0 saturated heterocycles. The Balaban J connectivity index is 4.55. The fourth-order valence-electron chi connectivity index (χ4n) is 2.22. The zero-order valence-electron chi connectivity index (χ0n) is 12.8. The Bertz CT molecular complexity index is 235. The van der Waals surface area contributed by atoms with Crippen molar-refractivity contribution >= 4 is 5.91 Å². The summed E-state index contributed by atoms with van der Waals surface area (Å²) < 4.78 is 0. The van der Waals surface area contributed by atoms with Gasteiger partial charge in [-0.1, -0.05) is 26.7 Å². The van der Waals surface area contributed by atoms with Gasteiger partial charge < -0.3 is 16.0 Å². The predicted octanol–water partition coefficient (Wildman–Crippen LogP) is 1.60. The molecule has 0 saturated carbocycles. The van der Waals surface area contributed by atoms with Gasteiger partial charge in [0.25, 0.3) is 0 Å². The maximum absolute atomic E-state index is 12.4. The summed E-state index contributed by atoms with van der Waals surface area (Å²) in [6.45, 7) is 7.44. The van der Waals surface area contributed by atoms with Crippen molar-refractivity contribution in [3.05, 3.63) is 0 Å². The lowest BCUT2D eigenvalue weighted by Gasteiger charge is -2.32. The van der Waals surface area contributed by atoms with Gasteiger partial charge >= 0.3 is 0 Å². The molecule has 0 aliphatic rings. The van der Waals surface area contributed by atoms with Gasteiger partial charge in [0.15, 0.2) is 0 Å². The molecule has 0 radical (unpaired) electrons. The summed E-state index contributed by atoms with van der Waals surface area (Å²) in [7, 11) is 4.04. The van der Waals surface area contributed by atoms with Crippen LogP contribution in [-0.2, 0) is 4.79 Å². The molecule has 0 aromatic carbocycles. The number of hydrogen-bond donors (Lipinski definition) is 2. The second-order valence-corrected chi connectivity index (χ2v) is 5.51. The highest BCUT2D eigenvalue weighted by Crippen LogP contribution is 2.29. The average Bonchev–Trinajstić information content (AvgIpc) is 2.34. The largest absolute Gasteiger partial charge is 0.354 e. The zero-order valence-corrected chi connectivity index (χ0v) is 12.8. The average molecular weight is 257 g/mol. The number of nitrogens with zero attached hydrogens (tertiary/aromatic N) is 1. The van der Waals surface area contributed by atoms with Crippen molar-refractivity contribution in [3.63, 3.8) is 0 Å². The number of hydrogen-bond acceptors (Lipinski definition) is 3. The van der Waals surface area contributed by atoms with E-state index in [4.69, 9.17) is 5.73 Å². The third kappa shape index (κ3) is 4.94. The molecule has 0 aromatic rings. The van der Waals surface area contributed by atoms with Crippen molar-refractivity contribution in [2.75, 3.05) is 27.2 Å². The van der Waals surface area contributed by atoms with Gasteiger partial charge in [-0.25, -0.2) is 0 Å². The Labute approximate surface area is 112 Å². The highest BCUT2D eigenvalue weighted by Gasteiger charge is 2.35. The summed E-state index contributed by atoms with van der Waals surface area (Å²) in [5.41, 5.74) is 5.51. The van der Waals surface area contributed by atoms with Crippen molar-refractivity contribution in [3.8, 4) is 0 Å². The van der Waals surface area contributed by atoms with Gasteiger partial charge in [-0.2, -0.15) is 0 Å². The Morgan fingerprint density at radius 3 is 2.11 bits per heavy atom. The quantitative estimate of drug-likeness (QED) is 0.659.